The van der Waals surface area contributed by atoms with Crippen LogP contribution in [-0.4, -0.2) is 63.7 Å². The number of fused-ring (bicyclic) bond motifs is 1. The lowest BCUT2D eigenvalue weighted by molar-refractivity contribution is 0.0764. The molecular weight excluding hydrogens is 338 g/mol. The molecule has 1 fully saturated rings. The predicted octanol–water partition coefficient (Wildman–Crippen LogP) is 3.40. The van der Waals surface area contributed by atoms with E-state index < -0.39 is 0 Å². The summed E-state index contributed by atoms with van der Waals surface area (Å²) in [7, 11) is 2.12. The molecule has 1 saturated heterocycles. The number of nitrogens with zero attached hydrogens (tertiary/aromatic N) is 5. The fourth-order valence-electron chi connectivity index (χ4n) is 3.66. The van der Waals surface area contributed by atoms with Crippen LogP contribution in [0.15, 0.2) is 6.07 Å². The van der Waals surface area contributed by atoms with Crippen LogP contribution in [0.25, 0.3) is 11.0 Å². The van der Waals surface area contributed by atoms with Crippen LogP contribution in [0.5, 0.6) is 0 Å². The number of pyridine rings is 1. The molecule has 0 atom stereocenters. The van der Waals surface area contributed by atoms with Crippen LogP contribution in [0, 0.1) is 6.92 Å². The van der Waals surface area contributed by atoms with Crippen molar-refractivity contribution in [1.29, 1.82) is 0 Å². The van der Waals surface area contributed by atoms with Crippen molar-refractivity contribution in [2.45, 2.75) is 59.4 Å². The lowest BCUT2D eigenvalue weighted by Gasteiger charge is -2.23. The maximum atomic E-state index is 13.5. The van der Waals surface area contributed by atoms with Gasteiger partial charge < -0.3 is 9.80 Å². The fourth-order valence-corrected chi connectivity index (χ4v) is 3.66. The number of aryl methyl sites for hydroxylation is 1. The van der Waals surface area contributed by atoms with Gasteiger partial charge in [-0.25, -0.2) is 9.67 Å². The number of rotatable bonds is 2. The second-order valence-corrected chi connectivity index (χ2v) is 9.07. The van der Waals surface area contributed by atoms with Crippen molar-refractivity contribution in [3.8, 4) is 0 Å². The number of carbonyl (C=O) groups is 1. The van der Waals surface area contributed by atoms with Crippen molar-refractivity contribution in [3.05, 3.63) is 23.0 Å². The van der Waals surface area contributed by atoms with E-state index in [1.807, 2.05) is 22.6 Å². The van der Waals surface area contributed by atoms with E-state index in [1.165, 1.54) is 0 Å². The lowest BCUT2D eigenvalue weighted by atomic mass is 10.0. The number of amides is 1. The molecule has 3 rings (SSSR count). The zero-order valence-electron chi connectivity index (χ0n) is 17.8. The van der Waals surface area contributed by atoms with E-state index in [4.69, 9.17) is 10.1 Å². The van der Waals surface area contributed by atoms with E-state index in [0.29, 0.717) is 0 Å². The largest absolute Gasteiger partial charge is 0.337 e. The molecule has 1 aliphatic rings. The minimum absolute atomic E-state index is 0.108. The molecule has 27 heavy (non-hydrogen) atoms. The summed E-state index contributed by atoms with van der Waals surface area (Å²) in [6, 6.07) is 1.99. The Labute approximate surface area is 162 Å². The van der Waals surface area contributed by atoms with Crippen molar-refractivity contribution in [1.82, 2.24) is 24.6 Å². The van der Waals surface area contributed by atoms with Crippen LogP contribution in [-0.2, 0) is 5.54 Å². The van der Waals surface area contributed by atoms with Crippen LogP contribution >= 0.6 is 0 Å². The van der Waals surface area contributed by atoms with Gasteiger partial charge in [0, 0.05) is 25.3 Å². The summed E-state index contributed by atoms with van der Waals surface area (Å²) in [5.74, 6) is 0.357. The SMILES string of the molecule is Cc1nn(C(C)(C)C)c2nc(C(C)C)cc(C(=O)N3CCCN(C)CC3)c12. The Morgan fingerprint density at radius 3 is 2.48 bits per heavy atom. The predicted molar refractivity (Wildman–Crippen MR) is 109 cm³/mol. The topological polar surface area (TPSA) is 54.3 Å². The number of likely N-dealkylation sites (N-methyl/N-ethyl adjacent to an activating group) is 1. The van der Waals surface area contributed by atoms with Crippen LogP contribution in [0.2, 0.25) is 0 Å². The molecule has 0 aliphatic carbocycles. The molecule has 0 spiro atoms. The second-order valence-electron chi connectivity index (χ2n) is 9.07. The molecule has 0 saturated carbocycles. The third-order valence-corrected chi connectivity index (χ3v) is 5.30. The van der Waals surface area contributed by atoms with Crippen molar-refractivity contribution in [2.24, 2.45) is 0 Å². The lowest BCUT2D eigenvalue weighted by Crippen LogP contribution is -2.34. The van der Waals surface area contributed by atoms with E-state index in [1.54, 1.807) is 0 Å². The van der Waals surface area contributed by atoms with Crippen molar-refractivity contribution in [2.75, 3.05) is 33.2 Å². The maximum Gasteiger partial charge on any atom is 0.254 e. The standard InChI is InChI=1S/C21H33N5O/c1-14(2)17-13-16(20(27)25-10-8-9-24(7)11-12-25)18-15(3)23-26(19(18)22-17)21(4,5)6/h13-14H,8-12H2,1-7H3. The van der Waals surface area contributed by atoms with Crippen molar-refractivity contribution < 1.29 is 4.79 Å². The highest BCUT2D eigenvalue weighted by molar-refractivity contribution is 6.06. The summed E-state index contributed by atoms with van der Waals surface area (Å²) in [6.07, 6.45) is 1.01. The first kappa shape index (κ1) is 19.8. The Kier molecular flexibility index (Phi) is 5.30. The average molecular weight is 372 g/mol. The molecule has 0 bridgehead atoms. The van der Waals surface area contributed by atoms with Crippen LogP contribution in [0.1, 0.15) is 68.7 Å². The van der Waals surface area contributed by atoms with Gasteiger partial charge in [-0.15, -0.1) is 0 Å². The molecule has 0 unspecified atom stereocenters. The Bertz CT molecular complexity index is 846. The Hall–Kier alpha value is -1.95. The first-order valence-corrected chi connectivity index (χ1v) is 9.98. The second kappa shape index (κ2) is 7.23. The molecule has 6 nitrogen and oxygen atoms in total. The summed E-state index contributed by atoms with van der Waals surface area (Å²) in [4.78, 5) is 22.7. The minimum Gasteiger partial charge on any atom is -0.337 e. The van der Waals surface area contributed by atoms with Crippen molar-refractivity contribution >= 4 is 16.9 Å². The maximum absolute atomic E-state index is 13.5. The molecule has 0 N–H and O–H groups in total. The van der Waals surface area contributed by atoms with Gasteiger partial charge in [0.05, 0.1) is 22.2 Å². The first-order chi connectivity index (χ1) is 12.6. The van der Waals surface area contributed by atoms with E-state index in [9.17, 15) is 4.79 Å². The Morgan fingerprint density at radius 2 is 1.85 bits per heavy atom. The molecule has 0 aromatic carbocycles. The number of hydrogen-bond acceptors (Lipinski definition) is 4. The van der Waals surface area contributed by atoms with Gasteiger partial charge in [0.25, 0.3) is 5.91 Å². The van der Waals surface area contributed by atoms with Crippen LogP contribution in [0.4, 0.5) is 0 Å². The smallest absolute Gasteiger partial charge is 0.254 e. The summed E-state index contributed by atoms with van der Waals surface area (Å²) in [6.45, 7) is 16.1. The zero-order chi connectivity index (χ0) is 19.9. The highest BCUT2D eigenvalue weighted by Gasteiger charge is 2.27. The third kappa shape index (κ3) is 3.86. The van der Waals surface area contributed by atoms with Crippen LogP contribution < -0.4 is 0 Å². The van der Waals surface area contributed by atoms with Gasteiger partial charge in [-0.05, 0) is 59.7 Å². The molecule has 3 heterocycles. The first-order valence-electron chi connectivity index (χ1n) is 9.98. The van der Waals surface area contributed by atoms with Gasteiger partial charge in [-0.3, -0.25) is 4.79 Å². The van der Waals surface area contributed by atoms with Gasteiger partial charge in [-0.2, -0.15) is 5.10 Å². The van der Waals surface area contributed by atoms with Gasteiger partial charge in [0.15, 0.2) is 5.65 Å². The van der Waals surface area contributed by atoms with E-state index >= 15 is 0 Å². The number of aromatic nitrogens is 3. The molecule has 0 radical (unpaired) electrons. The quantitative estimate of drug-likeness (QED) is 0.812. The highest BCUT2D eigenvalue weighted by atomic mass is 16.2. The summed E-state index contributed by atoms with van der Waals surface area (Å²) >= 11 is 0. The van der Waals surface area contributed by atoms with E-state index in [-0.39, 0.29) is 17.4 Å². The third-order valence-electron chi connectivity index (χ3n) is 5.30. The van der Waals surface area contributed by atoms with E-state index in [2.05, 4.69) is 46.6 Å². The molecule has 2 aromatic rings. The zero-order valence-corrected chi connectivity index (χ0v) is 17.8. The fraction of sp³-hybridized carbons (Fsp3) is 0.667. The molecular formula is C21H33N5O. The molecule has 2 aromatic heterocycles. The van der Waals surface area contributed by atoms with Gasteiger partial charge in [-0.1, -0.05) is 13.8 Å². The summed E-state index contributed by atoms with van der Waals surface area (Å²) in [5.41, 5.74) is 3.20. The molecule has 148 valence electrons. The van der Waals surface area contributed by atoms with Crippen molar-refractivity contribution in [3.63, 3.8) is 0 Å². The van der Waals surface area contributed by atoms with Crippen LogP contribution in [0.3, 0.4) is 0 Å². The van der Waals surface area contributed by atoms with Gasteiger partial charge in [0.2, 0.25) is 0 Å². The normalized spacial score (nSPS) is 17.0. The summed E-state index contributed by atoms with van der Waals surface area (Å²) in [5, 5.41) is 5.66. The van der Waals surface area contributed by atoms with E-state index in [0.717, 1.165) is 60.6 Å². The molecule has 1 aliphatic heterocycles. The monoisotopic (exact) mass is 371 g/mol. The molecule has 6 heteroatoms. The minimum atomic E-state index is -0.194. The highest BCUT2D eigenvalue weighted by Crippen LogP contribution is 2.29. The van der Waals surface area contributed by atoms with Gasteiger partial charge >= 0.3 is 0 Å². The molecule has 1 amide bonds. The number of carbonyl (C=O) groups excluding carboxylic acids is 1. The Balaban J connectivity index is 2.16. The summed E-state index contributed by atoms with van der Waals surface area (Å²) < 4.78 is 1.97. The average Bonchev–Trinajstić information content (AvgIpc) is 2.78. The van der Waals surface area contributed by atoms with Gasteiger partial charge in [0.1, 0.15) is 0 Å². The Morgan fingerprint density at radius 1 is 1.15 bits per heavy atom. The number of hydrogen-bond donors (Lipinski definition) is 0.